The third-order valence-electron chi connectivity index (χ3n) is 2.56. The zero-order valence-electron chi connectivity index (χ0n) is 8.23. The summed E-state index contributed by atoms with van der Waals surface area (Å²) in [4.78, 5) is 0.337. The average molecular weight is 198 g/mol. The van der Waals surface area contributed by atoms with E-state index in [1.807, 2.05) is 0 Å². The van der Waals surface area contributed by atoms with E-state index in [0.717, 1.165) is 12.8 Å². The van der Waals surface area contributed by atoms with Crippen molar-refractivity contribution in [2.24, 2.45) is 0 Å². The second-order valence-corrected chi connectivity index (χ2v) is 3.70. The normalized spacial score (nSPS) is 18.4. The third kappa shape index (κ3) is 1.81. The van der Waals surface area contributed by atoms with E-state index in [0.29, 0.717) is 10.6 Å². The molecular weight excluding hydrogens is 184 g/mol. The fraction of sp³-hybridized carbons (Fsp3) is 0.778. The first-order chi connectivity index (χ1) is 6.77. The van der Waals surface area contributed by atoms with Gasteiger partial charge in [0.05, 0.1) is 0 Å². The summed E-state index contributed by atoms with van der Waals surface area (Å²) in [5.41, 5.74) is 0.519. The number of rotatable bonds is 2. The van der Waals surface area contributed by atoms with Gasteiger partial charge in [-0.2, -0.15) is 0 Å². The molecule has 0 atom stereocenters. The van der Waals surface area contributed by atoms with E-state index in [2.05, 4.69) is 9.79 Å². The van der Waals surface area contributed by atoms with Crippen molar-refractivity contribution in [2.45, 2.75) is 45.1 Å². The molecule has 1 fully saturated rings. The molecule has 0 saturated heterocycles. The highest BCUT2D eigenvalue weighted by Gasteiger charge is 2.22. The molecule has 0 bridgehead atoms. The Morgan fingerprint density at radius 2 is 2.14 bits per heavy atom. The van der Waals surface area contributed by atoms with Crippen LogP contribution in [0.3, 0.4) is 0 Å². The summed E-state index contributed by atoms with van der Waals surface area (Å²) < 4.78 is 9.97. The predicted molar refractivity (Wildman–Crippen MR) is 47.7 cm³/mol. The maximum atomic E-state index is 11.1. The quantitative estimate of drug-likeness (QED) is 0.672. The van der Waals surface area contributed by atoms with Crippen LogP contribution in [0.5, 0.6) is 5.88 Å². The number of aromatic nitrogens is 2. The van der Waals surface area contributed by atoms with Crippen LogP contribution < -0.4 is 9.64 Å². The van der Waals surface area contributed by atoms with Crippen LogP contribution in [0.25, 0.3) is 0 Å². The van der Waals surface area contributed by atoms with Gasteiger partial charge in [0.1, 0.15) is 6.10 Å². The lowest BCUT2D eigenvalue weighted by Crippen LogP contribution is -2.30. The van der Waals surface area contributed by atoms with Crippen LogP contribution in [0.2, 0.25) is 0 Å². The van der Waals surface area contributed by atoms with Crippen LogP contribution >= 0.6 is 0 Å². The van der Waals surface area contributed by atoms with E-state index < -0.39 is 0 Å². The van der Waals surface area contributed by atoms with E-state index in [-0.39, 0.29) is 12.0 Å². The molecule has 1 saturated carbocycles. The monoisotopic (exact) mass is 198 g/mol. The topological polar surface area (TPSA) is 62.2 Å². The van der Waals surface area contributed by atoms with Crippen LogP contribution in [0, 0.1) is 12.1 Å². The Labute approximate surface area is 82.2 Å². The minimum atomic E-state index is 0.155. The highest BCUT2D eigenvalue weighted by atomic mass is 16.8. The molecule has 0 spiro atoms. The number of nitrogens with zero attached hydrogens (tertiary/aromatic N) is 2. The number of aryl methyl sites for hydroxylation is 1. The molecule has 1 aromatic rings. The van der Waals surface area contributed by atoms with Crippen molar-refractivity contribution >= 4 is 0 Å². The largest absolute Gasteiger partial charge is 0.453 e. The van der Waals surface area contributed by atoms with Crippen molar-refractivity contribution < 1.29 is 14.3 Å². The summed E-state index contributed by atoms with van der Waals surface area (Å²) in [6, 6.07) is 0. The van der Waals surface area contributed by atoms with Gasteiger partial charge in [0.25, 0.3) is 5.69 Å². The molecule has 0 N–H and O–H groups in total. The van der Waals surface area contributed by atoms with Crippen molar-refractivity contribution in [1.29, 1.82) is 0 Å². The molecule has 0 radical (unpaired) electrons. The standard InChI is InChI=1S/C9H14N2O3/c1-7-9(11(12)14-10-7)13-8-5-3-2-4-6-8/h8H,2-6H2,1H3. The molecule has 14 heavy (non-hydrogen) atoms. The predicted octanol–water partition coefficient (Wildman–Crippen LogP) is 1.33. The second-order valence-electron chi connectivity index (χ2n) is 3.70. The van der Waals surface area contributed by atoms with Gasteiger partial charge in [-0.05, 0) is 30.6 Å². The van der Waals surface area contributed by atoms with Crippen molar-refractivity contribution in [3.05, 3.63) is 10.9 Å². The zero-order valence-corrected chi connectivity index (χ0v) is 8.23. The second kappa shape index (κ2) is 3.86. The summed E-state index contributed by atoms with van der Waals surface area (Å²) in [6.07, 6.45) is 5.80. The highest BCUT2D eigenvalue weighted by Crippen LogP contribution is 2.22. The number of hydrogen-bond acceptors (Lipinski definition) is 4. The lowest BCUT2D eigenvalue weighted by molar-refractivity contribution is -0.805. The van der Waals surface area contributed by atoms with Gasteiger partial charge >= 0.3 is 5.88 Å². The van der Waals surface area contributed by atoms with Crippen LogP contribution in [0.4, 0.5) is 0 Å². The smallest absolute Gasteiger partial charge is 0.375 e. The summed E-state index contributed by atoms with van der Waals surface area (Å²) in [6.45, 7) is 1.70. The Kier molecular flexibility index (Phi) is 2.56. The van der Waals surface area contributed by atoms with E-state index in [1.54, 1.807) is 6.92 Å². The fourth-order valence-corrected chi connectivity index (χ4v) is 1.78. The molecule has 0 aromatic carbocycles. The molecule has 5 heteroatoms. The molecule has 0 aliphatic heterocycles. The molecule has 1 heterocycles. The lowest BCUT2D eigenvalue weighted by Gasteiger charge is -2.20. The Hall–Kier alpha value is -1.26. The van der Waals surface area contributed by atoms with E-state index >= 15 is 0 Å². The summed E-state index contributed by atoms with van der Waals surface area (Å²) >= 11 is 0. The van der Waals surface area contributed by atoms with E-state index in [9.17, 15) is 5.21 Å². The molecule has 78 valence electrons. The van der Waals surface area contributed by atoms with Crippen LogP contribution in [-0.2, 0) is 0 Å². The van der Waals surface area contributed by atoms with Gasteiger partial charge in [0.15, 0.2) is 0 Å². The Balaban J connectivity index is 2.02. The van der Waals surface area contributed by atoms with Gasteiger partial charge in [0, 0.05) is 12.1 Å². The zero-order chi connectivity index (χ0) is 9.97. The van der Waals surface area contributed by atoms with Gasteiger partial charge in [-0.15, -0.1) is 0 Å². The third-order valence-corrected chi connectivity index (χ3v) is 2.56. The Morgan fingerprint density at radius 1 is 1.43 bits per heavy atom. The molecule has 0 unspecified atom stereocenters. The van der Waals surface area contributed by atoms with Gasteiger partial charge in [0.2, 0.25) is 0 Å². The Morgan fingerprint density at radius 3 is 2.71 bits per heavy atom. The Bertz CT molecular complexity index is 286. The van der Waals surface area contributed by atoms with Crippen molar-refractivity contribution in [3.63, 3.8) is 0 Å². The molecule has 5 nitrogen and oxygen atoms in total. The van der Waals surface area contributed by atoms with Crippen molar-refractivity contribution in [1.82, 2.24) is 5.16 Å². The van der Waals surface area contributed by atoms with Crippen LogP contribution in [-0.4, -0.2) is 11.3 Å². The SMILES string of the molecule is Cc1no[n+]([O-])c1OC1CCCCC1. The summed E-state index contributed by atoms with van der Waals surface area (Å²) in [5, 5.41) is 14.6. The minimum Gasteiger partial charge on any atom is -0.453 e. The molecule has 1 aromatic heterocycles. The molecule has 0 amide bonds. The van der Waals surface area contributed by atoms with Crippen LogP contribution in [0.1, 0.15) is 37.8 Å². The highest BCUT2D eigenvalue weighted by molar-refractivity contribution is 5.07. The first-order valence-corrected chi connectivity index (χ1v) is 5.00. The first kappa shape index (κ1) is 9.30. The maximum absolute atomic E-state index is 11.1. The van der Waals surface area contributed by atoms with Gasteiger partial charge in [-0.25, -0.2) is 0 Å². The number of hydrogen-bond donors (Lipinski definition) is 0. The lowest BCUT2D eigenvalue weighted by atomic mass is 9.98. The minimum absolute atomic E-state index is 0.155. The van der Waals surface area contributed by atoms with Gasteiger partial charge in [-0.3, -0.25) is 4.63 Å². The number of ether oxygens (including phenoxy) is 1. The first-order valence-electron chi connectivity index (χ1n) is 5.00. The summed E-state index contributed by atoms with van der Waals surface area (Å²) in [5.74, 6) is 0.219. The van der Waals surface area contributed by atoms with Gasteiger partial charge in [-0.1, -0.05) is 6.42 Å². The fourth-order valence-electron chi connectivity index (χ4n) is 1.78. The van der Waals surface area contributed by atoms with Crippen LogP contribution in [0.15, 0.2) is 4.63 Å². The van der Waals surface area contributed by atoms with E-state index in [1.165, 1.54) is 19.3 Å². The van der Waals surface area contributed by atoms with Crippen molar-refractivity contribution in [2.75, 3.05) is 0 Å². The molecule has 1 aliphatic carbocycles. The molecule has 1 aliphatic rings. The molecule has 2 rings (SSSR count). The summed E-state index contributed by atoms with van der Waals surface area (Å²) in [7, 11) is 0. The van der Waals surface area contributed by atoms with Crippen molar-refractivity contribution in [3.8, 4) is 5.88 Å². The van der Waals surface area contributed by atoms with E-state index in [4.69, 9.17) is 4.74 Å². The average Bonchev–Trinajstić information content (AvgIpc) is 2.51. The van der Waals surface area contributed by atoms with Gasteiger partial charge < -0.3 is 9.94 Å². The molecular formula is C9H14N2O3. The maximum Gasteiger partial charge on any atom is 0.375 e.